The third-order valence-electron chi connectivity index (χ3n) is 2.50. The summed E-state index contributed by atoms with van der Waals surface area (Å²) in [6.07, 6.45) is 1.88. The van der Waals surface area contributed by atoms with E-state index in [9.17, 15) is 0 Å². The van der Waals surface area contributed by atoms with Gasteiger partial charge in [0.2, 0.25) is 0 Å². The molecule has 2 N–H and O–H groups in total. The van der Waals surface area contributed by atoms with Crippen LogP contribution in [0.15, 0.2) is 42.6 Å². The van der Waals surface area contributed by atoms with E-state index in [2.05, 4.69) is 33.8 Å². The summed E-state index contributed by atoms with van der Waals surface area (Å²) in [5, 5.41) is 6.18. The van der Waals surface area contributed by atoms with Crippen LogP contribution in [0.3, 0.4) is 0 Å². The molecule has 0 fully saturated rings. The molecular formula is C13H15N3. The number of anilines is 2. The van der Waals surface area contributed by atoms with Gasteiger partial charge in [0.15, 0.2) is 0 Å². The Kier molecular flexibility index (Phi) is 3.05. The summed E-state index contributed by atoms with van der Waals surface area (Å²) in [7, 11) is 3.76. The van der Waals surface area contributed by atoms with E-state index in [-0.39, 0.29) is 0 Å². The van der Waals surface area contributed by atoms with Crippen molar-refractivity contribution in [3.63, 3.8) is 0 Å². The van der Waals surface area contributed by atoms with E-state index in [4.69, 9.17) is 0 Å². The molecule has 0 aliphatic carbocycles. The fourth-order valence-corrected chi connectivity index (χ4v) is 1.64. The van der Waals surface area contributed by atoms with Crippen molar-refractivity contribution in [3.05, 3.63) is 42.6 Å². The predicted molar refractivity (Wildman–Crippen MR) is 68.8 cm³/mol. The average Bonchev–Trinajstić information content (AvgIpc) is 2.39. The molecule has 0 bridgehead atoms. The van der Waals surface area contributed by atoms with E-state index in [1.54, 1.807) is 0 Å². The lowest BCUT2D eigenvalue weighted by atomic mass is 10.1. The Balaban J connectivity index is 2.44. The molecule has 0 aliphatic heterocycles. The van der Waals surface area contributed by atoms with Crippen molar-refractivity contribution in [2.45, 2.75) is 0 Å². The van der Waals surface area contributed by atoms with E-state index in [1.807, 2.05) is 38.5 Å². The van der Waals surface area contributed by atoms with Gasteiger partial charge in [0.05, 0.1) is 5.69 Å². The third kappa shape index (κ3) is 1.98. The van der Waals surface area contributed by atoms with Gasteiger partial charge >= 0.3 is 0 Å². The first kappa shape index (κ1) is 10.5. The summed E-state index contributed by atoms with van der Waals surface area (Å²) in [6.45, 7) is 0. The summed E-state index contributed by atoms with van der Waals surface area (Å²) < 4.78 is 0. The Morgan fingerprint density at radius 2 is 1.69 bits per heavy atom. The van der Waals surface area contributed by atoms with Crippen molar-refractivity contribution in [2.75, 3.05) is 24.7 Å². The number of nitrogens with one attached hydrogen (secondary N) is 2. The number of rotatable bonds is 3. The van der Waals surface area contributed by atoms with Crippen LogP contribution in [0.1, 0.15) is 0 Å². The van der Waals surface area contributed by atoms with Crippen LogP contribution in [-0.2, 0) is 0 Å². The minimum Gasteiger partial charge on any atom is -0.385 e. The summed E-state index contributed by atoms with van der Waals surface area (Å²) in [5.74, 6) is 0.863. The molecule has 0 atom stereocenters. The molecule has 3 heteroatoms. The first-order chi connectivity index (χ1) is 7.85. The van der Waals surface area contributed by atoms with E-state index in [1.165, 1.54) is 5.56 Å². The summed E-state index contributed by atoms with van der Waals surface area (Å²) in [5.41, 5.74) is 3.29. The fraction of sp³-hybridized carbons (Fsp3) is 0.154. The smallest absolute Gasteiger partial charge is 0.149 e. The largest absolute Gasteiger partial charge is 0.385 e. The normalized spacial score (nSPS) is 9.88. The molecule has 0 amide bonds. The second-order valence-corrected chi connectivity index (χ2v) is 3.49. The second-order valence-electron chi connectivity index (χ2n) is 3.49. The maximum atomic E-state index is 4.37. The molecule has 0 aliphatic rings. The number of nitrogens with zero attached hydrogens (tertiary/aromatic N) is 1. The zero-order valence-electron chi connectivity index (χ0n) is 9.49. The molecular weight excluding hydrogens is 198 g/mol. The van der Waals surface area contributed by atoms with E-state index in [0.29, 0.717) is 0 Å². The molecule has 2 aromatic rings. The highest BCUT2D eigenvalue weighted by molar-refractivity contribution is 5.73. The minimum atomic E-state index is 0.863. The van der Waals surface area contributed by atoms with Crippen molar-refractivity contribution >= 4 is 11.5 Å². The van der Waals surface area contributed by atoms with Crippen LogP contribution < -0.4 is 10.6 Å². The lowest BCUT2D eigenvalue weighted by molar-refractivity contribution is 1.27. The number of pyridine rings is 1. The Bertz CT molecular complexity index is 466. The molecule has 0 spiro atoms. The highest BCUT2D eigenvalue weighted by Gasteiger charge is 2.03. The fourth-order valence-electron chi connectivity index (χ4n) is 1.64. The zero-order valence-corrected chi connectivity index (χ0v) is 9.49. The van der Waals surface area contributed by atoms with Gasteiger partial charge in [-0.2, -0.15) is 0 Å². The molecule has 1 heterocycles. The van der Waals surface area contributed by atoms with Gasteiger partial charge in [-0.05, 0) is 11.6 Å². The van der Waals surface area contributed by atoms with Crippen molar-refractivity contribution in [3.8, 4) is 11.1 Å². The summed E-state index contributed by atoms with van der Waals surface area (Å²) in [4.78, 5) is 4.37. The molecule has 0 saturated heterocycles. The van der Waals surface area contributed by atoms with E-state index >= 15 is 0 Å². The van der Waals surface area contributed by atoms with Gasteiger partial charge in [-0.15, -0.1) is 0 Å². The van der Waals surface area contributed by atoms with Crippen LogP contribution in [0, 0.1) is 0 Å². The highest BCUT2D eigenvalue weighted by Crippen LogP contribution is 2.25. The van der Waals surface area contributed by atoms with E-state index < -0.39 is 0 Å². The Labute approximate surface area is 95.5 Å². The van der Waals surface area contributed by atoms with Crippen molar-refractivity contribution < 1.29 is 0 Å². The summed E-state index contributed by atoms with van der Waals surface area (Å²) >= 11 is 0. The Morgan fingerprint density at radius 1 is 0.938 bits per heavy atom. The third-order valence-corrected chi connectivity index (χ3v) is 2.50. The van der Waals surface area contributed by atoms with Crippen LogP contribution in [0.5, 0.6) is 0 Å². The lowest BCUT2D eigenvalue weighted by Gasteiger charge is -2.09. The Hall–Kier alpha value is -2.03. The second kappa shape index (κ2) is 4.66. The van der Waals surface area contributed by atoms with Crippen molar-refractivity contribution in [2.24, 2.45) is 0 Å². The molecule has 2 rings (SSSR count). The monoisotopic (exact) mass is 213 g/mol. The van der Waals surface area contributed by atoms with Gasteiger partial charge in [0.1, 0.15) is 5.82 Å². The van der Waals surface area contributed by atoms with Crippen LogP contribution in [0.2, 0.25) is 0 Å². The van der Waals surface area contributed by atoms with Crippen LogP contribution in [0.25, 0.3) is 11.1 Å². The number of aromatic nitrogens is 1. The molecule has 1 aromatic carbocycles. The SMILES string of the molecule is CNc1cc(-c2ccccc2)cnc1NC. The zero-order chi connectivity index (χ0) is 11.4. The average molecular weight is 213 g/mol. The maximum absolute atomic E-state index is 4.37. The van der Waals surface area contributed by atoms with Crippen molar-refractivity contribution in [1.82, 2.24) is 4.98 Å². The van der Waals surface area contributed by atoms with Gasteiger partial charge in [-0.25, -0.2) is 4.98 Å². The molecule has 16 heavy (non-hydrogen) atoms. The quantitative estimate of drug-likeness (QED) is 0.823. The van der Waals surface area contributed by atoms with Gasteiger partial charge in [0, 0.05) is 25.9 Å². The van der Waals surface area contributed by atoms with Crippen LogP contribution in [0.4, 0.5) is 11.5 Å². The minimum absolute atomic E-state index is 0.863. The molecule has 0 unspecified atom stereocenters. The molecule has 3 nitrogen and oxygen atoms in total. The van der Waals surface area contributed by atoms with Crippen LogP contribution >= 0.6 is 0 Å². The van der Waals surface area contributed by atoms with Gasteiger partial charge in [-0.1, -0.05) is 30.3 Å². The molecule has 82 valence electrons. The number of benzene rings is 1. The molecule has 0 saturated carbocycles. The van der Waals surface area contributed by atoms with Gasteiger partial charge in [-0.3, -0.25) is 0 Å². The van der Waals surface area contributed by atoms with Gasteiger partial charge < -0.3 is 10.6 Å². The maximum Gasteiger partial charge on any atom is 0.149 e. The molecule has 1 aromatic heterocycles. The van der Waals surface area contributed by atoms with Gasteiger partial charge in [0.25, 0.3) is 0 Å². The number of hydrogen-bond acceptors (Lipinski definition) is 3. The van der Waals surface area contributed by atoms with Crippen molar-refractivity contribution in [1.29, 1.82) is 0 Å². The van der Waals surface area contributed by atoms with Crippen LogP contribution in [-0.4, -0.2) is 19.1 Å². The summed E-state index contributed by atoms with van der Waals surface area (Å²) in [6, 6.07) is 12.3. The standard InChI is InChI=1S/C13H15N3/c1-14-12-8-11(9-16-13(12)15-2)10-6-4-3-5-7-10/h3-9,14H,1-2H3,(H,15,16). The Morgan fingerprint density at radius 3 is 2.31 bits per heavy atom. The predicted octanol–water partition coefficient (Wildman–Crippen LogP) is 2.83. The lowest BCUT2D eigenvalue weighted by Crippen LogP contribution is -1.99. The molecule has 0 radical (unpaired) electrons. The highest BCUT2D eigenvalue weighted by atomic mass is 15.0. The first-order valence-electron chi connectivity index (χ1n) is 5.26. The topological polar surface area (TPSA) is 37.0 Å². The first-order valence-corrected chi connectivity index (χ1v) is 5.26. The number of hydrogen-bond donors (Lipinski definition) is 2. The van der Waals surface area contributed by atoms with E-state index in [0.717, 1.165) is 17.1 Å².